The van der Waals surface area contributed by atoms with Gasteiger partial charge < -0.3 is 5.32 Å². The maximum absolute atomic E-state index is 13.9. The molecule has 0 unspecified atom stereocenters. The Morgan fingerprint density at radius 2 is 1.78 bits per heavy atom. The molecule has 3 aromatic rings. The highest BCUT2D eigenvalue weighted by Gasteiger charge is 2.43. The first-order valence-corrected chi connectivity index (χ1v) is 11.8. The van der Waals surface area contributed by atoms with Crippen LogP contribution in [0.2, 0.25) is 0 Å². The van der Waals surface area contributed by atoms with Gasteiger partial charge in [-0.15, -0.1) is 11.3 Å². The molecule has 2 aromatic carbocycles. The van der Waals surface area contributed by atoms with Crippen LogP contribution in [0.3, 0.4) is 0 Å². The van der Waals surface area contributed by atoms with E-state index in [1.807, 2.05) is 77.0 Å². The molecule has 1 N–H and O–H groups in total. The summed E-state index contributed by atoms with van der Waals surface area (Å²) in [6.07, 6.45) is 1.52. The van der Waals surface area contributed by atoms with E-state index in [0.29, 0.717) is 6.42 Å². The fourth-order valence-corrected chi connectivity index (χ4v) is 5.66. The second-order valence-corrected chi connectivity index (χ2v) is 10.3. The summed E-state index contributed by atoms with van der Waals surface area (Å²) in [6, 6.07) is 21.3. The van der Waals surface area contributed by atoms with Gasteiger partial charge in [-0.2, -0.15) is 0 Å². The van der Waals surface area contributed by atoms with E-state index in [-0.39, 0.29) is 23.5 Å². The number of amides is 1. The molecule has 0 spiro atoms. The smallest absolute Gasteiger partial charge is 0.232 e. The van der Waals surface area contributed by atoms with Gasteiger partial charge in [0.15, 0.2) is 5.78 Å². The first-order chi connectivity index (χ1) is 15.4. The molecule has 4 nitrogen and oxygen atoms in total. The van der Waals surface area contributed by atoms with Gasteiger partial charge in [0, 0.05) is 22.6 Å². The van der Waals surface area contributed by atoms with Gasteiger partial charge in [0.25, 0.3) is 0 Å². The lowest BCUT2D eigenvalue weighted by atomic mass is 9.74. The molecule has 5 rings (SSSR count). The highest BCUT2D eigenvalue weighted by molar-refractivity contribution is 7.10. The van der Waals surface area contributed by atoms with Crippen molar-refractivity contribution in [3.05, 3.63) is 93.8 Å². The molecule has 2 aliphatic rings. The predicted octanol–water partition coefficient (Wildman–Crippen LogP) is 6.13. The molecular weight excluding hydrogens is 416 g/mol. The Labute approximate surface area is 192 Å². The summed E-state index contributed by atoms with van der Waals surface area (Å²) in [7, 11) is 0. The van der Waals surface area contributed by atoms with E-state index in [4.69, 9.17) is 0 Å². The monoisotopic (exact) mass is 442 g/mol. The van der Waals surface area contributed by atoms with E-state index in [1.165, 1.54) is 0 Å². The van der Waals surface area contributed by atoms with Gasteiger partial charge in [0.05, 0.1) is 17.8 Å². The quantitative estimate of drug-likeness (QED) is 0.530. The van der Waals surface area contributed by atoms with Crippen molar-refractivity contribution in [3.63, 3.8) is 0 Å². The fourth-order valence-electron chi connectivity index (χ4n) is 4.83. The van der Waals surface area contributed by atoms with Gasteiger partial charge in [0.2, 0.25) is 5.91 Å². The number of benzene rings is 2. The zero-order chi connectivity index (χ0) is 22.3. The molecule has 0 fully saturated rings. The molecular formula is C27H26N2O2S. The number of para-hydroxylation sites is 2. The summed E-state index contributed by atoms with van der Waals surface area (Å²) < 4.78 is 0. The molecule has 0 saturated heterocycles. The average Bonchev–Trinajstić information content (AvgIpc) is 3.23. The van der Waals surface area contributed by atoms with Crippen LogP contribution < -0.4 is 10.2 Å². The first kappa shape index (κ1) is 20.7. The van der Waals surface area contributed by atoms with Gasteiger partial charge in [-0.1, -0.05) is 62.4 Å². The number of ketones is 1. The third-order valence-electron chi connectivity index (χ3n) is 6.18. The number of anilines is 2. The summed E-state index contributed by atoms with van der Waals surface area (Å²) in [4.78, 5) is 30.3. The predicted molar refractivity (Wildman–Crippen MR) is 130 cm³/mol. The second kappa shape index (κ2) is 8.06. The lowest BCUT2D eigenvalue weighted by Crippen LogP contribution is -2.40. The van der Waals surface area contributed by atoms with E-state index in [2.05, 4.69) is 19.2 Å². The standard InChI is InChI=1S/C27H26N2O2S/c1-27(2)16-20-25(22(30)17-27)26(23-13-8-14-32-23)29(21-12-7-6-11-19(21)28-20)24(31)15-18-9-4-3-5-10-18/h3-14,26,28H,15-17H2,1-2H3/t26-/m1/s1. The van der Waals surface area contributed by atoms with Crippen molar-refractivity contribution >= 4 is 34.4 Å². The molecule has 1 aliphatic carbocycles. The van der Waals surface area contributed by atoms with Gasteiger partial charge >= 0.3 is 0 Å². The Morgan fingerprint density at radius 1 is 1.03 bits per heavy atom. The van der Waals surface area contributed by atoms with Crippen LogP contribution in [0.4, 0.5) is 11.4 Å². The van der Waals surface area contributed by atoms with E-state index in [0.717, 1.165) is 39.5 Å². The number of hydrogen-bond acceptors (Lipinski definition) is 4. The van der Waals surface area contributed by atoms with Crippen molar-refractivity contribution in [2.45, 2.75) is 39.2 Å². The fraction of sp³-hybridized carbons (Fsp3) is 0.259. The Balaban J connectivity index is 1.70. The minimum absolute atomic E-state index is 0.0183. The molecule has 0 bridgehead atoms. The zero-order valence-corrected chi connectivity index (χ0v) is 19.1. The molecule has 0 saturated carbocycles. The molecule has 2 heterocycles. The minimum Gasteiger partial charge on any atom is -0.357 e. The summed E-state index contributed by atoms with van der Waals surface area (Å²) in [5.74, 6) is 0.0997. The second-order valence-electron chi connectivity index (χ2n) is 9.32. The number of carbonyl (C=O) groups excluding carboxylic acids is 2. The van der Waals surface area contributed by atoms with Crippen molar-refractivity contribution in [1.82, 2.24) is 0 Å². The van der Waals surface area contributed by atoms with E-state index < -0.39 is 6.04 Å². The Hall–Kier alpha value is -3.18. The molecule has 0 radical (unpaired) electrons. The van der Waals surface area contributed by atoms with Crippen LogP contribution in [0.25, 0.3) is 0 Å². The van der Waals surface area contributed by atoms with Crippen LogP contribution >= 0.6 is 11.3 Å². The normalized spacial score (nSPS) is 19.6. The SMILES string of the molecule is CC1(C)CC(=O)C2=C(C1)Nc1ccccc1N(C(=O)Cc1ccccc1)[C@@H]2c1cccs1. The number of thiophene rings is 1. The van der Waals surface area contributed by atoms with Crippen LogP contribution in [-0.4, -0.2) is 11.7 Å². The van der Waals surface area contributed by atoms with E-state index in [9.17, 15) is 9.59 Å². The number of fused-ring (bicyclic) bond motifs is 1. The van der Waals surface area contributed by atoms with Gasteiger partial charge in [-0.05, 0) is 41.0 Å². The Bertz CT molecular complexity index is 1200. The topological polar surface area (TPSA) is 49.4 Å². The van der Waals surface area contributed by atoms with Crippen molar-refractivity contribution < 1.29 is 9.59 Å². The number of hydrogen-bond donors (Lipinski definition) is 1. The lowest BCUT2D eigenvalue weighted by Gasteiger charge is -2.36. The maximum Gasteiger partial charge on any atom is 0.232 e. The van der Waals surface area contributed by atoms with Crippen LogP contribution in [0.1, 0.15) is 43.2 Å². The number of nitrogens with zero attached hydrogens (tertiary/aromatic N) is 1. The third kappa shape index (κ3) is 3.78. The zero-order valence-electron chi connectivity index (χ0n) is 18.3. The van der Waals surface area contributed by atoms with Crippen molar-refractivity contribution in [2.24, 2.45) is 5.41 Å². The van der Waals surface area contributed by atoms with Crippen LogP contribution in [0.15, 0.2) is 83.4 Å². The number of Topliss-reactive ketones (excluding diaryl/α,β-unsaturated/α-hetero) is 1. The maximum atomic E-state index is 13.9. The highest BCUT2D eigenvalue weighted by Crippen LogP contribution is 2.49. The third-order valence-corrected chi connectivity index (χ3v) is 7.11. The largest absolute Gasteiger partial charge is 0.357 e. The Kier molecular flexibility index (Phi) is 5.22. The summed E-state index contributed by atoms with van der Waals surface area (Å²) in [5.41, 5.74) is 4.18. The molecule has 1 amide bonds. The number of allylic oxidation sites excluding steroid dienone is 1. The molecule has 162 valence electrons. The van der Waals surface area contributed by atoms with Gasteiger partial charge in [-0.3, -0.25) is 14.5 Å². The van der Waals surface area contributed by atoms with E-state index in [1.54, 1.807) is 11.3 Å². The van der Waals surface area contributed by atoms with Crippen molar-refractivity contribution in [1.29, 1.82) is 0 Å². The van der Waals surface area contributed by atoms with Crippen molar-refractivity contribution in [3.8, 4) is 0 Å². The number of nitrogens with one attached hydrogen (secondary N) is 1. The van der Waals surface area contributed by atoms with Gasteiger partial charge in [0.1, 0.15) is 6.04 Å². The Morgan fingerprint density at radius 3 is 2.53 bits per heavy atom. The average molecular weight is 443 g/mol. The highest BCUT2D eigenvalue weighted by atomic mass is 32.1. The molecule has 1 atom stereocenters. The van der Waals surface area contributed by atoms with Crippen LogP contribution in [0, 0.1) is 5.41 Å². The molecule has 1 aliphatic heterocycles. The summed E-state index contributed by atoms with van der Waals surface area (Å²) in [5, 5.41) is 5.57. The summed E-state index contributed by atoms with van der Waals surface area (Å²) in [6.45, 7) is 4.26. The number of rotatable bonds is 3. The lowest BCUT2D eigenvalue weighted by molar-refractivity contribution is -0.119. The van der Waals surface area contributed by atoms with Crippen molar-refractivity contribution in [2.75, 3.05) is 10.2 Å². The molecule has 32 heavy (non-hydrogen) atoms. The van der Waals surface area contributed by atoms with Crippen LogP contribution in [-0.2, 0) is 16.0 Å². The van der Waals surface area contributed by atoms with Crippen LogP contribution in [0.5, 0.6) is 0 Å². The molecule has 5 heteroatoms. The molecule has 1 aromatic heterocycles. The number of carbonyl (C=O) groups is 2. The van der Waals surface area contributed by atoms with E-state index >= 15 is 0 Å². The first-order valence-electron chi connectivity index (χ1n) is 10.9. The minimum atomic E-state index is -0.430. The summed E-state index contributed by atoms with van der Waals surface area (Å²) >= 11 is 1.59. The van der Waals surface area contributed by atoms with Gasteiger partial charge in [-0.25, -0.2) is 0 Å².